The van der Waals surface area contributed by atoms with Gasteiger partial charge in [-0.05, 0) is 43.2 Å². The van der Waals surface area contributed by atoms with Crippen molar-refractivity contribution in [2.75, 3.05) is 18.5 Å². The van der Waals surface area contributed by atoms with Gasteiger partial charge >= 0.3 is 0 Å². The highest BCUT2D eigenvalue weighted by Gasteiger charge is 2.18. The van der Waals surface area contributed by atoms with Gasteiger partial charge in [0.2, 0.25) is 0 Å². The van der Waals surface area contributed by atoms with Crippen molar-refractivity contribution >= 4 is 11.6 Å². The van der Waals surface area contributed by atoms with Crippen molar-refractivity contribution in [3.05, 3.63) is 78.3 Å². The van der Waals surface area contributed by atoms with Crippen LogP contribution >= 0.6 is 0 Å². The first-order chi connectivity index (χ1) is 14.3. The number of nitrogens with one attached hydrogen (secondary N) is 1. The Balaban J connectivity index is 1.35. The molecular weight excluding hydrogens is 370 g/mol. The molecule has 1 unspecified atom stereocenters. The lowest BCUT2D eigenvalue weighted by molar-refractivity contribution is 0.0679. The molecule has 150 valence electrons. The normalized spacial score (nSPS) is 15.8. The summed E-state index contributed by atoms with van der Waals surface area (Å²) >= 11 is 0. The Morgan fingerprint density at radius 2 is 1.90 bits per heavy atom. The first-order valence-electron chi connectivity index (χ1n) is 9.68. The number of rotatable bonds is 8. The molecule has 1 aliphatic heterocycles. The van der Waals surface area contributed by atoms with Crippen molar-refractivity contribution in [2.45, 2.75) is 25.6 Å². The van der Waals surface area contributed by atoms with E-state index in [4.69, 9.17) is 18.6 Å². The third-order valence-electron chi connectivity index (χ3n) is 4.64. The van der Waals surface area contributed by atoms with Crippen LogP contribution in [0, 0.1) is 0 Å². The zero-order valence-electron chi connectivity index (χ0n) is 16.0. The summed E-state index contributed by atoms with van der Waals surface area (Å²) in [4.78, 5) is 12.7. The van der Waals surface area contributed by atoms with E-state index in [-0.39, 0.29) is 24.4 Å². The molecule has 0 saturated carbocycles. The lowest BCUT2D eigenvalue weighted by Gasteiger charge is -2.12. The van der Waals surface area contributed by atoms with Crippen molar-refractivity contribution in [3.63, 3.8) is 0 Å². The Labute approximate surface area is 169 Å². The van der Waals surface area contributed by atoms with E-state index < -0.39 is 0 Å². The van der Waals surface area contributed by atoms with Crippen molar-refractivity contribution in [1.82, 2.24) is 0 Å². The summed E-state index contributed by atoms with van der Waals surface area (Å²) in [6.45, 7) is 1.55. The van der Waals surface area contributed by atoms with Crippen LogP contribution < -0.4 is 14.8 Å². The summed E-state index contributed by atoms with van der Waals surface area (Å²) in [5, 5.41) is 2.85. The number of amides is 1. The van der Waals surface area contributed by atoms with Gasteiger partial charge in [-0.15, -0.1) is 0 Å². The first kappa shape index (κ1) is 19.1. The number of para-hydroxylation sites is 1. The molecule has 2 heterocycles. The number of furan rings is 1. The van der Waals surface area contributed by atoms with Crippen LogP contribution in [0.4, 0.5) is 5.69 Å². The maximum atomic E-state index is 12.7. The summed E-state index contributed by atoms with van der Waals surface area (Å²) < 4.78 is 22.5. The number of carbonyl (C=O) groups excluding carboxylic acids is 1. The summed E-state index contributed by atoms with van der Waals surface area (Å²) in [6.07, 6.45) is 3.72. The minimum absolute atomic E-state index is 0.142. The molecule has 1 amide bonds. The molecule has 2 aromatic carbocycles. The summed E-state index contributed by atoms with van der Waals surface area (Å²) in [7, 11) is 0. The van der Waals surface area contributed by atoms with Gasteiger partial charge in [0.25, 0.3) is 5.91 Å². The van der Waals surface area contributed by atoms with Crippen molar-refractivity contribution < 1.29 is 23.4 Å². The lowest BCUT2D eigenvalue weighted by Crippen LogP contribution is -2.16. The molecule has 0 bridgehead atoms. The maximum absolute atomic E-state index is 12.7. The largest absolute Gasteiger partial charge is 0.491 e. The van der Waals surface area contributed by atoms with Crippen LogP contribution in [0.25, 0.3) is 0 Å². The highest BCUT2D eigenvalue weighted by molar-refractivity contribution is 6.03. The van der Waals surface area contributed by atoms with Crippen LogP contribution in [0.5, 0.6) is 11.5 Å². The minimum Gasteiger partial charge on any atom is -0.491 e. The minimum atomic E-state index is -0.335. The molecule has 3 aromatic rings. The van der Waals surface area contributed by atoms with Gasteiger partial charge < -0.3 is 23.9 Å². The van der Waals surface area contributed by atoms with Crippen LogP contribution in [0.1, 0.15) is 29.0 Å². The van der Waals surface area contributed by atoms with Gasteiger partial charge in [-0.2, -0.15) is 0 Å². The van der Waals surface area contributed by atoms with Gasteiger partial charge in [0.05, 0.1) is 12.4 Å². The molecule has 6 heteroatoms. The number of benzene rings is 2. The van der Waals surface area contributed by atoms with Crippen molar-refractivity contribution in [2.24, 2.45) is 0 Å². The fourth-order valence-corrected chi connectivity index (χ4v) is 3.14. The highest BCUT2D eigenvalue weighted by atomic mass is 16.5. The Kier molecular flexibility index (Phi) is 6.12. The zero-order chi connectivity index (χ0) is 19.9. The number of anilines is 1. The van der Waals surface area contributed by atoms with Crippen LogP contribution in [-0.4, -0.2) is 25.2 Å². The number of hydrogen-bond donors (Lipinski definition) is 1. The Morgan fingerprint density at radius 1 is 1.03 bits per heavy atom. The van der Waals surface area contributed by atoms with Gasteiger partial charge in [0.15, 0.2) is 5.76 Å². The van der Waals surface area contributed by atoms with Crippen molar-refractivity contribution in [3.8, 4) is 11.5 Å². The summed E-state index contributed by atoms with van der Waals surface area (Å²) in [5.74, 6) is 1.31. The van der Waals surface area contributed by atoms with Gasteiger partial charge in [-0.25, -0.2) is 0 Å². The Bertz CT molecular complexity index is 931. The predicted octanol–water partition coefficient (Wildman–Crippen LogP) is 4.67. The molecule has 1 aromatic heterocycles. The average molecular weight is 393 g/mol. The lowest BCUT2D eigenvalue weighted by atomic mass is 10.2. The molecule has 1 saturated heterocycles. The molecule has 1 fully saturated rings. The standard InChI is InChI=1S/C23H23NO5/c25-23(22-17(11-13-27-22)15-28-19-7-2-1-3-8-19)24-18-6-4-9-20(14-18)29-16-21-10-5-12-26-21/h1-4,6-9,11,13-14,21H,5,10,12,15-16H2,(H,24,25). The summed E-state index contributed by atoms with van der Waals surface area (Å²) in [6, 6.07) is 18.5. The van der Waals surface area contributed by atoms with Gasteiger partial charge in [0.1, 0.15) is 24.7 Å². The van der Waals surface area contributed by atoms with E-state index in [2.05, 4.69) is 5.32 Å². The molecule has 1 atom stereocenters. The number of ether oxygens (including phenoxy) is 3. The average Bonchev–Trinajstić information content (AvgIpc) is 3.44. The van der Waals surface area contributed by atoms with E-state index in [1.807, 2.05) is 42.5 Å². The summed E-state index contributed by atoms with van der Waals surface area (Å²) in [5.41, 5.74) is 1.31. The highest BCUT2D eigenvalue weighted by Crippen LogP contribution is 2.22. The van der Waals surface area contributed by atoms with E-state index >= 15 is 0 Å². The Morgan fingerprint density at radius 3 is 2.72 bits per heavy atom. The third-order valence-corrected chi connectivity index (χ3v) is 4.64. The van der Waals surface area contributed by atoms with Crippen LogP contribution in [0.2, 0.25) is 0 Å². The van der Waals surface area contributed by atoms with E-state index in [1.165, 1.54) is 6.26 Å². The van der Waals surface area contributed by atoms with E-state index in [0.29, 0.717) is 23.6 Å². The second-order valence-corrected chi connectivity index (χ2v) is 6.80. The Hall–Kier alpha value is -3.25. The molecule has 1 N–H and O–H groups in total. The van der Waals surface area contributed by atoms with E-state index in [9.17, 15) is 4.79 Å². The molecule has 4 rings (SSSR count). The van der Waals surface area contributed by atoms with Crippen molar-refractivity contribution in [1.29, 1.82) is 0 Å². The van der Waals surface area contributed by atoms with E-state index in [1.54, 1.807) is 18.2 Å². The molecule has 0 spiro atoms. The third kappa shape index (κ3) is 5.18. The van der Waals surface area contributed by atoms with Crippen LogP contribution in [0.3, 0.4) is 0 Å². The topological polar surface area (TPSA) is 69.9 Å². The van der Waals surface area contributed by atoms with Gasteiger partial charge in [-0.1, -0.05) is 24.3 Å². The first-order valence-corrected chi connectivity index (χ1v) is 9.68. The molecule has 0 radical (unpaired) electrons. The van der Waals surface area contributed by atoms with Gasteiger partial charge in [-0.3, -0.25) is 4.79 Å². The predicted molar refractivity (Wildman–Crippen MR) is 108 cm³/mol. The molecule has 1 aliphatic rings. The second-order valence-electron chi connectivity index (χ2n) is 6.80. The zero-order valence-corrected chi connectivity index (χ0v) is 16.0. The maximum Gasteiger partial charge on any atom is 0.291 e. The molecular formula is C23H23NO5. The van der Waals surface area contributed by atoms with Crippen LogP contribution in [0.15, 0.2) is 71.3 Å². The SMILES string of the molecule is O=C(Nc1cccc(OCC2CCCO2)c1)c1occc1COc1ccccc1. The molecule has 0 aliphatic carbocycles. The molecule has 29 heavy (non-hydrogen) atoms. The smallest absolute Gasteiger partial charge is 0.291 e. The molecule has 6 nitrogen and oxygen atoms in total. The van der Waals surface area contributed by atoms with Crippen LogP contribution in [-0.2, 0) is 11.3 Å². The number of hydrogen-bond acceptors (Lipinski definition) is 5. The fourth-order valence-electron chi connectivity index (χ4n) is 3.14. The van der Waals surface area contributed by atoms with E-state index in [0.717, 1.165) is 25.2 Å². The monoisotopic (exact) mass is 393 g/mol. The van der Waals surface area contributed by atoms with Gasteiger partial charge in [0, 0.05) is 23.9 Å². The fraction of sp³-hybridized carbons (Fsp3) is 0.261. The number of carbonyl (C=O) groups is 1. The quantitative estimate of drug-likeness (QED) is 0.602. The second kappa shape index (κ2) is 9.30.